The number of halogens is 1. The number of hydrogen-bond acceptors (Lipinski definition) is 3. The van der Waals surface area contributed by atoms with Crippen LogP contribution in [0.4, 0.5) is 0 Å². The second-order valence-electron chi connectivity index (χ2n) is 6.41. The van der Waals surface area contributed by atoms with E-state index in [-0.39, 0.29) is 5.91 Å². The van der Waals surface area contributed by atoms with E-state index in [9.17, 15) is 4.79 Å². The molecule has 2 aromatic rings. The molecule has 0 aliphatic heterocycles. The van der Waals surface area contributed by atoms with Crippen LogP contribution in [0.1, 0.15) is 43.2 Å². The number of aryl methyl sites for hydroxylation is 1. The molecule has 0 unspecified atom stereocenters. The van der Waals surface area contributed by atoms with Gasteiger partial charge in [-0.1, -0.05) is 30.2 Å². The number of aromatic nitrogens is 1. The number of carbonyl (C=O) groups is 1. The number of nitrogens with zero attached hydrogens (tertiary/aromatic N) is 2. The first-order valence-electron chi connectivity index (χ1n) is 8.73. The molecule has 0 atom stereocenters. The van der Waals surface area contributed by atoms with Gasteiger partial charge in [0.25, 0.3) is 5.91 Å². The minimum Gasteiger partial charge on any atom is -0.456 e. The average Bonchev–Trinajstić information content (AvgIpc) is 2.60. The molecule has 4 nitrogen and oxygen atoms in total. The Hall–Kier alpha value is -2.33. The Morgan fingerprint density at radius 1 is 1.23 bits per heavy atom. The Kier molecular flexibility index (Phi) is 7.22. The Morgan fingerprint density at radius 2 is 1.96 bits per heavy atom. The van der Waals surface area contributed by atoms with Crippen LogP contribution in [0.25, 0.3) is 0 Å². The third-order valence-corrected chi connectivity index (χ3v) is 4.10. The van der Waals surface area contributed by atoms with Gasteiger partial charge in [0.05, 0.1) is 16.8 Å². The number of pyridine rings is 1. The molecule has 5 heteroatoms. The molecule has 0 N–H and O–H groups in total. The lowest BCUT2D eigenvalue weighted by molar-refractivity contribution is 0.0774. The Morgan fingerprint density at radius 3 is 2.54 bits per heavy atom. The van der Waals surface area contributed by atoms with Crippen LogP contribution < -0.4 is 4.74 Å². The third kappa shape index (κ3) is 5.60. The molecule has 0 radical (unpaired) electrons. The summed E-state index contributed by atoms with van der Waals surface area (Å²) in [4.78, 5) is 18.8. The van der Waals surface area contributed by atoms with Crippen molar-refractivity contribution in [1.29, 1.82) is 0 Å². The second kappa shape index (κ2) is 9.39. The maximum absolute atomic E-state index is 12.8. The van der Waals surface area contributed by atoms with Gasteiger partial charge in [-0.3, -0.25) is 9.78 Å². The smallest absolute Gasteiger partial charge is 0.255 e. The van der Waals surface area contributed by atoms with Crippen LogP contribution in [0, 0.1) is 6.92 Å². The lowest BCUT2D eigenvalue weighted by atomic mass is 10.1. The minimum absolute atomic E-state index is 0.0714. The van der Waals surface area contributed by atoms with Gasteiger partial charge in [0.2, 0.25) is 0 Å². The summed E-state index contributed by atoms with van der Waals surface area (Å²) in [6, 6.07) is 8.86. The highest BCUT2D eigenvalue weighted by atomic mass is 35.5. The topological polar surface area (TPSA) is 42.4 Å². The molecule has 1 aromatic carbocycles. The molecule has 26 heavy (non-hydrogen) atoms. The first-order valence-corrected chi connectivity index (χ1v) is 9.11. The van der Waals surface area contributed by atoms with Crippen molar-refractivity contribution in [3.05, 3.63) is 64.5 Å². The van der Waals surface area contributed by atoms with Gasteiger partial charge in [0, 0.05) is 24.8 Å². The summed E-state index contributed by atoms with van der Waals surface area (Å²) in [5.74, 6) is 1.13. The fraction of sp³-hybridized carbons (Fsp3) is 0.333. The standard InChI is InChI=1S/C21H25ClN2O2/c1-5-11-24(12-10-15(2)3)21(25)19-9-8-17(13-20(19)22)26-18-7-6-16(4)23-14-18/h6-10,13-14H,5,11-12H2,1-4H3. The number of amides is 1. The summed E-state index contributed by atoms with van der Waals surface area (Å²) in [5.41, 5.74) is 2.58. The van der Waals surface area contributed by atoms with Gasteiger partial charge >= 0.3 is 0 Å². The molecule has 0 bridgehead atoms. The molecule has 0 fully saturated rings. The lowest BCUT2D eigenvalue weighted by Crippen LogP contribution is -2.32. The van der Waals surface area contributed by atoms with E-state index in [2.05, 4.69) is 11.9 Å². The molecule has 138 valence electrons. The zero-order valence-electron chi connectivity index (χ0n) is 15.8. The molecule has 0 saturated carbocycles. The highest BCUT2D eigenvalue weighted by molar-refractivity contribution is 6.34. The molecule has 1 amide bonds. The van der Waals surface area contributed by atoms with Crippen LogP contribution in [0.5, 0.6) is 11.5 Å². The Labute approximate surface area is 160 Å². The maximum Gasteiger partial charge on any atom is 0.255 e. The van der Waals surface area contributed by atoms with Gasteiger partial charge in [-0.25, -0.2) is 0 Å². The third-order valence-electron chi connectivity index (χ3n) is 3.79. The number of benzene rings is 1. The highest BCUT2D eigenvalue weighted by Gasteiger charge is 2.17. The van der Waals surface area contributed by atoms with Gasteiger partial charge in [0.1, 0.15) is 11.5 Å². The van der Waals surface area contributed by atoms with Crippen LogP contribution in [0.2, 0.25) is 5.02 Å². The average molecular weight is 373 g/mol. The molecule has 0 saturated heterocycles. The summed E-state index contributed by atoms with van der Waals surface area (Å²) in [6.07, 6.45) is 4.59. The normalized spacial score (nSPS) is 10.3. The van der Waals surface area contributed by atoms with E-state index in [1.807, 2.05) is 39.0 Å². The number of hydrogen-bond donors (Lipinski definition) is 0. The van der Waals surface area contributed by atoms with E-state index < -0.39 is 0 Å². The van der Waals surface area contributed by atoms with Crippen molar-refractivity contribution in [2.24, 2.45) is 0 Å². The zero-order valence-corrected chi connectivity index (χ0v) is 16.5. The maximum atomic E-state index is 12.8. The fourth-order valence-electron chi connectivity index (χ4n) is 2.39. The van der Waals surface area contributed by atoms with E-state index >= 15 is 0 Å². The quantitative estimate of drug-likeness (QED) is 0.589. The Bertz CT molecular complexity index is 781. The first kappa shape index (κ1) is 20.0. The van der Waals surface area contributed by atoms with Crippen LogP contribution in [0.3, 0.4) is 0 Å². The van der Waals surface area contributed by atoms with E-state index in [0.717, 1.165) is 12.1 Å². The molecule has 2 rings (SSSR count). The van der Waals surface area contributed by atoms with Gasteiger partial charge in [-0.2, -0.15) is 0 Å². The van der Waals surface area contributed by atoms with Crippen molar-refractivity contribution >= 4 is 17.5 Å². The monoisotopic (exact) mass is 372 g/mol. The summed E-state index contributed by atoms with van der Waals surface area (Å²) in [6.45, 7) is 9.28. The van der Waals surface area contributed by atoms with E-state index in [0.29, 0.717) is 35.2 Å². The molecule has 1 heterocycles. The SMILES string of the molecule is CCCN(CC=C(C)C)C(=O)c1ccc(Oc2ccc(C)nc2)cc1Cl. The molecule has 0 aliphatic rings. The summed E-state index contributed by atoms with van der Waals surface area (Å²) >= 11 is 6.36. The zero-order chi connectivity index (χ0) is 19.1. The van der Waals surface area contributed by atoms with Crippen molar-refractivity contribution in [1.82, 2.24) is 9.88 Å². The van der Waals surface area contributed by atoms with Crippen LogP contribution in [-0.4, -0.2) is 28.9 Å². The van der Waals surface area contributed by atoms with E-state index in [1.165, 1.54) is 5.57 Å². The van der Waals surface area contributed by atoms with Crippen LogP contribution >= 0.6 is 11.6 Å². The summed E-state index contributed by atoms with van der Waals surface area (Å²) < 4.78 is 5.75. The van der Waals surface area contributed by atoms with Gasteiger partial charge in [0.15, 0.2) is 0 Å². The second-order valence-corrected chi connectivity index (χ2v) is 6.82. The molecular weight excluding hydrogens is 348 g/mol. The number of allylic oxidation sites excluding steroid dienone is 1. The first-order chi connectivity index (χ1) is 12.4. The lowest BCUT2D eigenvalue weighted by Gasteiger charge is -2.21. The largest absolute Gasteiger partial charge is 0.456 e. The predicted octanol–water partition coefficient (Wildman–Crippen LogP) is 5.65. The number of carbonyl (C=O) groups excluding carboxylic acids is 1. The molecule has 0 spiro atoms. The van der Waals surface area contributed by atoms with Crippen LogP contribution in [0.15, 0.2) is 48.2 Å². The molecule has 0 aliphatic carbocycles. The van der Waals surface area contributed by atoms with Crippen molar-refractivity contribution in [3.63, 3.8) is 0 Å². The van der Waals surface area contributed by atoms with Crippen LogP contribution in [-0.2, 0) is 0 Å². The minimum atomic E-state index is -0.0714. The Balaban J connectivity index is 2.17. The van der Waals surface area contributed by atoms with Crippen molar-refractivity contribution in [3.8, 4) is 11.5 Å². The number of ether oxygens (including phenoxy) is 1. The van der Waals surface area contributed by atoms with E-state index in [1.54, 1.807) is 29.3 Å². The predicted molar refractivity (Wildman–Crippen MR) is 106 cm³/mol. The van der Waals surface area contributed by atoms with E-state index in [4.69, 9.17) is 16.3 Å². The molecule has 1 aromatic heterocycles. The van der Waals surface area contributed by atoms with Gasteiger partial charge in [-0.15, -0.1) is 0 Å². The fourth-order valence-corrected chi connectivity index (χ4v) is 2.64. The van der Waals surface area contributed by atoms with Gasteiger partial charge in [-0.05, 0) is 51.5 Å². The summed E-state index contributed by atoms with van der Waals surface area (Å²) in [7, 11) is 0. The van der Waals surface area contributed by atoms with Crippen molar-refractivity contribution < 1.29 is 9.53 Å². The van der Waals surface area contributed by atoms with Gasteiger partial charge < -0.3 is 9.64 Å². The van der Waals surface area contributed by atoms with Crippen molar-refractivity contribution in [2.75, 3.05) is 13.1 Å². The summed E-state index contributed by atoms with van der Waals surface area (Å²) in [5, 5.41) is 0.380. The number of rotatable bonds is 7. The molecular formula is C21H25ClN2O2. The van der Waals surface area contributed by atoms with Crippen molar-refractivity contribution in [2.45, 2.75) is 34.1 Å². The highest BCUT2D eigenvalue weighted by Crippen LogP contribution is 2.27.